The zero-order valence-electron chi connectivity index (χ0n) is 13.9. The summed E-state index contributed by atoms with van der Waals surface area (Å²) in [6, 6.07) is 6.75. The van der Waals surface area contributed by atoms with Gasteiger partial charge in [-0.25, -0.2) is 8.42 Å². The molecule has 0 unspecified atom stereocenters. The molecule has 2 amide bonds. The largest absolute Gasteiger partial charge is 0.359 e. The number of amides is 2. The molecule has 134 valence electrons. The first-order chi connectivity index (χ1) is 11.5. The van der Waals surface area contributed by atoms with E-state index in [0.29, 0.717) is 58.3 Å². The van der Waals surface area contributed by atoms with Crippen LogP contribution in [0.5, 0.6) is 0 Å². The molecule has 1 aromatic rings. The fraction of sp³-hybridized carbons (Fsp3) is 0.500. The van der Waals surface area contributed by atoms with Gasteiger partial charge >= 0.3 is 0 Å². The second-order valence-electron chi connectivity index (χ2n) is 5.42. The molecule has 0 fully saturated rings. The lowest BCUT2D eigenvalue weighted by Gasteiger charge is -2.22. The van der Waals surface area contributed by atoms with Crippen LogP contribution in [0.3, 0.4) is 0 Å². The van der Waals surface area contributed by atoms with Crippen molar-refractivity contribution in [1.82, 2.24) is 14.9 Å². The third-order valence-corrected chi connectivity index (χ3v) is 5.45. The van der Waals surface area contributed by atoms with Crippen molar-refractivity contribution in [1.29, 1.82) is 0 Å². The first-order valence-corrected chi connectivity index (χ1v) is 9.37. The molecule has 0 saturated heterocycles. The minimum atomic E-state index is -3.57. The van der Waals surface area contributed by atoms with Crippen LogP contribution in [0.25, 0.3) is 0 Å². The molecule has 0 aliphatic carbocycles. The first kappa shape index (κ1) is 20.1. The molecule has 0 aromatic heterocycles. The second kappa shape index (κ2) is 10.8. The van der Waals surface area contributed by atoms with Gasteiger partial charge in [-0.2, -0.15) is 4.31 Å². The molecular weight excluding hydrogens is 330 g/mol. The monoisotopic (exact) mass is 355 g/mol. The summed E-state index contributed by atoms with van der Waals surface area (Å²) < 4.78 is 27.0. The number of unbranched alkanes of at least 4 members (excludes halogenated alkanes) is 1. The molecule has 0 bridgehead atoms. The van der Waals surface area contributed by atoms with Gasteiger partial charge in [0.2, 0.25) is 22.8 Å². The van der Waals surface area contributed by atoms with E-state index in [-0.39, 0.29) is 4.90 Å². The van der Waals surface area contributed by atoms with Crippen LogP contribution in [0.15, 0.2) is 29.2 Å². The molecular formula is C16H25N3O4S. The number of hydrogen-bond acceptors (Lipinski definition) is 4. The van der Waals surface area contributed by atoms with Gasteiger partial charge in [0.15, 0.2) is 0 Å². The van der Waals surface area contributed by atoms with E-state index in [1.807, 2.05) is 6.92 Å². The number of rotatable bonds is 13. The van der Waals surface area contributed by atoms with Gasteiger partial charge in [-0.15, -0.1) is 0 Å². The predicted octanol–water partition coefficient (Wildman–Crippen LogP) is 0.648. The van der Waals surface area contributed by atoms with Crippen LogP contribution in [0, 0.1) is 6.92 Å². The maximum Gasteiger partial charge on any atom is 0.243 e. The fourth-order valence-corrected chi connectivity index (χ4v) is 3.72. The molecule has 24 heavy (non-hydrogen) atoms. The van der Waals surface area contributed by atoms with E-state index in [1.165, 1.54) is 4.31 Å². The van der Waals surface area contributed by atoms with Gasteiger partial charge in [-0.1, -0.05) is 17.7 Å². The minimum Gasteiger partial charge on any atom is -0.359 e. The van der Waals surface area contributed by atoms with E-state index in [1.54, 1.807) is 24.3 Å². The van der Waals surface area contributed by atoms with E-state index in [4.69, 9.17) is 0 Å². The number of aryl methyl sites for hydroxylation is 1. The van der Waals surface area contributed by atoms with Gasteiger partial charge < -0.3 is 10.6 Å². The molecule has 8 heteroatoms. The van der Waals surface area contributed by atoms with Gasteiger partial charge in [-0.05, 0) is 38.3 Å². The summed E-state index contributed by atoms with van der Waals surface area (Å²) in [6.45, 7) is 3.56. The van der Waals surface area contributed by atoms with Crippen LogP contribution in [0.2, 0.25) is 0 Å². The Balaban J connectivity index is 2.74. The summed E-state index contributed by atoms with van der Waals surface area (Å²) in [4.78, 5) is 20.8. The standard InChI is InChI=1S/C16H25N3O4S/c1-15-5-7-16(8-6-15)24(22,23)19(12-4-10-18-14-21)11-3-2-9-17-13-20/h5-8,13-14H,2-4,9-12H2,1H3,(H,17,20)(H,18,21). The second-order valence-corrected chi connectivity index (χ2v) is 7.36. The molecule has 0 aliphatic rings. The van der Waals surface area contributed by atoms with Crippen LogP contribution >= 0.6 is 0 Å². The van der Waals surface area contributed by atoms with Gasteiger partial charge in [0.25, 0.3) is 0 Å². The molecule has 1 rings (SSSR count). The Kier molecular flexibility index (Phi) is 9.03. The summed E-state index contributed by atoms with van der Waals surface area (Å²) >= 11 is 0. The highest BCUT2D eigenvalue weighted by Crippen LogP contribution is 2.17. The highest BCUT2D eigenvalue weighted by molar-refractivity contribution is 7.89. The Morgan fingerprint density at radius 2 is 1.46 bits per heavy atom. The van der Waals surface area contributed by atoms with Crippen molar-refractivity contribution in [3.63, 3.8) is 0 Å². The van der Waals surface area contributed by atoms with Gasteiger partial charge in [0.1, 0.15) is 0 Å². The Morgan fingerprint density at radius 3 is 2.04 bits per heavy atom. The molecule has 0 atom stereocenters. The van der Waals surface area contributed by atoms with E-state index in [9.17, 15) is 18.0 Å². The quantitative estimate of drug-likeness (QED) is 0.401. The third kappa shape index (κ3) is 6.67. The van der Waals surface area contributed by atoms with Crippen LogP contribution < -0.4 is 10.6 Å². The molecule has 1 aromatic carbocycles. The zero-order valence-corrected chi connectivity index (χ0v) is 14.7. The number of carbonyl (C=O) groups is 2. The summed E-state index contributed by atoms with van der Waals surface area (Å²) in [5.74, 6) is 0. The van der Waals surface area contributed by atoms with Crippen LogP contribution in [-0.4, -0.2) is 51.7 Å². The van der Waals surface area contributed by atoms with E-state index in [0.717, 1.165) is 5.56 Å². The summed E-state index contributed by atoms with van der Waals surface area (Å²) in [5.41, 5.74) is 0.996. The fourth-order valence-electron chi connectivity index (χ4n) is 2.20. The average Bonchev–Trinajstić information content (AvgIpc) is 2.56. The molecule has 2 N–H and O–H groups in total. The van der Waals surface area contributed by atoms with Crippen molar-refractivity contribution in [2.24, 2.45) is 0 Å². The smallest absolute Gasteiger partial charge is 0.243 e. The normalized spacial score (nSPS) is 11.2. The number of benzene rings is 1. The van der Waals surface area contributed by atoms with Gasteiger partial charge in [-0.3, -0.25) is 9.59 Å². The lowest BCUT2D eigenvalue weighted by atomic mass is 10.2. The van der Waals surface area contributed by atoms with Gasteiger partial charge in [0, 0.05) is 26.2 Å². The van der Waals surface area contributed by atoms with Crippen molar-refractivity contribution in [3.8, 4) is 0 Å². The van der Waals surface area contributed by atoms with Crippen molar-refractivity contribution < 1.29 is 18.0 Å². The third-order valence-electron chi connectivity index (χ3n) is 3.53. The Hall–Kier alpha value is -1.93. The highest BCUT2D eigenvalue weighted by atomic mass is 32.2. The minimum absolute atomic E-state index is 0.266. The van der Waals surface area contributed by atoms with E-state index < -0.39 is 10.0 Å². The van der Waals surface area contributed by atoms with E-state index in [2.05, 4.69) is 10.6 Å². The molecule has 0 aliphatic heterocycles. The Bertz CT molecular complexity index is 602. The lowest BCUT2D eigenvalue weighted by molar-refractivity contribution is -0.110. The van der Waals surface area contributed by atoms with Crippen LogP contribution in [0.4, 0.5) is 0 Å². The number of sulfonamides is 1. The molecule has 0 heterocycles. The number of carbonyl (C=O) groups excluding carboxylic acids is 2. The number of nitrogens with one attached hydrogen (secondary N) is 2. The summed E-state index contributed by atoms with van der Waals surface area (Å²) in [5, 5.41) is 5.10. The zero-order chi connectivity index (χ0) is 17.8. The van der Waals surface area contributed by atoms with Crippen molar-refractivity contribution in [2.45, 2.75) is 31.1 Å². The Morgan fingerprint density at radius 1 is 0.917 bits per heavy atom. The topological polar surface area (TPSA) is 95.6 Å². The molecule has 0 saturated carbocycles. The first-order valence-electron chi connectivity index (χ1n) is 7.93. The summed E-state index contributed by atoms with van der Waals surface area (Å²) in [7, 11) is -3.57. The SMILES string of the molecule is Cc1ccc(S(=O)(=O)N(CCCCNC=O)CCCNC=O)cc1. The van der Waals surface area contributed by atoms with Crippen molar-refractivity contribution >= 4 is 22.8 Å². The lowest BCUT2D eigenvalue weighted by Crippen LogP contribution is -2.34. The van der Waals surface area contributed by atoms with Crippen molar-refractivity contribution in [2.75, 3.05) is 26.2 Å². The number of nitrogens with zero attached hydrogens (tertiary/aromatic N) is 1. The van der Waals surface area contributed by atoms with Crippen molar-refractivity contribution in [3.05, 3.63) is 29.8 Å². The highest BCUT2D eigenvalue weighted by Gasteiger charge is 2.23. The molecule has 0 spiro atoms. The van der Waals surface area contributed by atoms with Gasteiger partial charge in [0.05, 0.1) is 4.90 Å². The van der Waals surface area contributed by atoms with E-state index >= 15 is 0 Å². The van der Waals surface area contributed by atoms with Crippen LogP contribution in [-0.2, 0) is 19.6 Å². The average molecular weight is 355 g/mol. The summed E-state index contributed by atoms with van der Waals surface area (Å²) in [6.07, 6.45) is 3.12. The maximum absolute atomic E-state index is 12.8. The maximum atomic E-state index is 12.8. The predicted molar refractivity (Wildman–Crippen MR) is 91.9 cm³/mol. The number of hydrogen-bond donors (Lipinski definition) is 2. The molecule has 7 nitrogen and oxygen atoms in total. The van der Waals surface area contributed by atoms with Crippen LogP contribution in [0.1, 0.15) is 24.8 Å². The Labute approximate surface area is 143 Å². The molecule has 0 radical (unpaired) electrons.